The lowest BCUT2D eigenvalue weighted by molar-refractivity contribution is 0.415. The molecule has 2 heterocycles. The lowest BCUT2D eigenvalue weighted by atomic mass is 9.99. The van der Waals surface area contributed by atoms with Crippen molar-refractivity contribution in [3.8, 4) is 16.9 Å². The van der Waals surface area contributed by atoms with Gasteiger partial charge in [0.1, 0.15) is 10.6 Å². The number of nitrogens with two attached hydrogens (primary N) is 1. The van der Waals surface area contributed by atoms with Gasteiger partial charge in [-0.3, -0.25) is 0 Å². The lowest BCUT2D eigenvalue weighted by Crippen LogP contribution is -2.02. The van der Waals surface area contributed by atoms with Gasteiger partial charge in [0.15, 0.2) is 0 Å². The second kappa shape index (κ2) is 5.85. The van der Waals surface area contributed by atoms with E-state index in [0.717, 1.165) is 34.5 Å². The number of hydrogen-bond acceptors (Lipinski definition) is 4. The first-order valence-corrected chi connectivity index (χ1v) is 8.98. The zero-order chi connectivity index (χ0) is 15.8. The molecule has 0 bridgehead atoms. The van der Waals surface area contributed by atoms with Gasteiger partial charge in [-0.05, 0) is 48.9 Å². The fraction of sp³-hybridized carbons (Fsp3) is 0.316. The normalized spacial score (nSPS) is 14.5. The van der Waals surface area contributed by atoms with E-state index in [1.54, 1.807) is 18.4 Å². The van der Waals surface area contributed by atoms with Gasteiger partial charge in [-0.1, -0.05) is 18.6 Å². The largest absolute Gasteiger partial charge is 0.497 e. The lowest BCUT2D eigenvalue weighted by Gasteiger charge is -2.11. The van der Waals surface area contributed by atoms with Crippen LogP contribution >= 0.6 is 11.3 Å². The third-order valence-corrected chi connectivity index (χ3v) is 5.56. The Labute approximate surface area is 140 Å². The van der Waals surface area contributed by atoms with Crippen LogP contribution in [0.2, 0.25) is 0 Å². The summed E-state index contributed by atoms with van der Waals surface area (Å²) in [5.41, 5.74) is 12.4. The maximum absolute atomic E-state index is 6.59. The smallest absolute Gasteiger partial charge is 0.126 e. The Kier molecular flexibility index (Phi) is 3.69. The van der Waals surface area contributed by atoms with E-state index in [4.69, 9.17) is 15.5 Å². The van der Waals surface area contributed by atoms with E-state index in [9.17, 15) is 0 Å². The van der Waals surface area contributed by atoms with Gasteiger partial charge in [-0.25, -0.2) is 4.98 Å². The first kappa shape index (κ1) is 14.5. The number of methoxy groups -OCH3 is 1. The number of ether oxygens (including phenoxy) is 1. The molecule has 0 fully saturated rings. The Balaban J connectivity index is 1.89. The van der Waals surface area contributed by atoms with Crippen LogP contribution in [0, 0.1) is 0 Å². The second-order valence-corrected chi connectivity index (χ2v) is 6.93. The van der Waals surface area contributed by atoms with E-state index >= 15 is 0 Å². The number of hydrogen-bond donors (Lipinski definition) is 1. The van der Waals surface area contributed by atoms with Gasteiger partial charge in [0.2, 0.25) is 0 Å². The molecular weight excluding hydrogens is 304 g/mol. The van der Waals surface area contributed by atoms with E-state index in [-0.39, 0.29) is 0 Å². The standard InChI is InChI=1S/C19H20N2OS/c1-22-13-9-7-12(8-10-13)15-11-23-19-17(15)18(20)14-5-3-2-4-6-16(14)21-19/h7-11H,2-6H2,1H3,(H2,20,21). The third-order valence-electron chi connectivity index (χ3n) is 4.69. The fourth-order valence-corrected chi connectivity index (χ4v) is 4.41. The number of aromatic nitrogens is 1. The molecule has 0 spiro atoms. The van der Waals surface area contributed by atoms with Crippen molar-refractivity contribution in [3.05, 3.63) is 40.9 Å². The van der Waals surface area contributed by atoms with E-state index < -0.39 is 0 Å². The molecular formula is C19H20N2OS. The van der Waals surface area contributed by atoms with Crippen LogP contribution in [0.15, 0.2) is 29.6 Å². The van der Waals surface area contributed by atoms with Crippen molar-refractivity contribution in [2.75, 3.05) is 12.8 Å². The molecule has 2 N–H and O–H groups in total. The van der Waals surface area contributed by atoms with Gasteiger partial charge >= 0.3 is 0 Å². The zero-order valence-electron chi connectivity index (χ0n) is 13.3. The summed E-state index contributed by atoms with van der Waals surface area (Å²) in [4.78, 5) is 5.99. The maximum Gasteiger partial charge on any atom is 0.126 e. The summed E-state index contributed by atoms with van der Waals surface area (Å²) in [5, 5.41) is 3.30. The van der Waals surface area contributed by atoms with Gasteiger partial charge in [-0.15, -0.1) is 11.3 Å². The molecule has 0 radical (unpaired) electrons. The highest BCUT2D eigenvalue weighted by molar-refractivity contribution is 7.17. The number of benzene rings is 1. The Hall–Kier alpha value is -2.07. The Bertz CT molecular complexity index is 852. The molecule has 23 heavy (non-hydrogen) atoms. The summed E-state index contributed by atoms with van der Waals surface area (Å²) in [6.07, 6.45) is 5.83. The maximum atomic E-state index is 6.59. The minimum absolute atomic E-state index is 0.869. The van der Waals surface area contributed by atoms with Crippen molar-refractivity contribution < 1.29 is 4.74 Å². The minimum atomic E-state index is 0.869. The molecule has 3 nitrogen and oxygen atoms in total. The SMILES string of the molecule is COc1ccc(-c2csc3nc4c(c(N)c23)CCCCC4)cc1. The second-order valence-electron chi connectivity index (χ2n) is 6.07. The van der Waals surface area contributed by atoms with Gasteiger partial charge in [0.25, 0.3) is 0 Å². The highest BCUT2D eigenvalue weighted by Crippen LogP contribution is 2.40. The van der Waals surface area contributed by atoms with Crippen molar-refractivity contribution in [1.29, 1.82) is 0 Å². The molecule has 0 unspecified atom stereocenters. The van der Waals surface area contributed by atoms with Crippen LogP contribution in [0.5, 0.6) is 5.75 Å². The predicted octanol–water partition coefficient (Wildman–Crippen LogP) is 4.82. The van der Waals surface area contributed by atoms with E-state index in [1.165, 1.54) is 41.6 Å². The predicted molar refractivity (Wildman–Crippen MR) is 97.3 cm³/mol. The average Bonchev–Trinajstić information content (AvgIpc) is 2.86. The summed E-state index contributed by atoms with van der Waals surface area (Å²) in [5.74, 6) is 0.869. The molecule has 0 amide bonds. The number of anilines is 1. The fourth-order valence-electron chi connectivity index (χ4n) is 3.43. The van der Waals surface area contributed by atoms with Crippen LogP contribution in [0.25, 0.3) is 21.3 Å². The Morgan fingerprint density at radius 3 is 2.65 bits per heavy atom. The van der Waals surface area contributed by atoms with Crippen LogP contribution in [-0.4, -0.2) is 12.1 Å². The minimum Gasteiger partial charge on any atom is -0.497 e. The molecule has 118 valence electrons. The van der Waals surface area contributed by atoms with Crippen LogP contribution in [0.1, 0.15) is 30.5 Å². The molecule has 1 aromatic carbocycles. The number of aryl methyl sites for hydroxylation is 1. The number of rotatable bonds is 2. The van der Waals surface area contributed by atoms with E-state index in [1.807, 2.05) is 12.1 Å². The molecule has 0 aliphatic heterocycles. The van der Waals surface area contributed by atoms with Crippen molar-refractivity contribution >= 4 is 27.2 Å². The quantitative estimate of drug-likeness (QED) is 0.687. The Morgan fingerprint density at radius 2 is 1.87 bits per heavy atom. The molecule has 0 atom stereocenters. The monoisotopic (exact) mass is 324 g/mol. The first-order valence-electron chi connectivity index (χ1n) is 8.11. The molecule has 1 aliphatic rings. The van der Waals surface area contributed by atoms with Crippen LogP contribution in [0.4, 0.5) is 5.69 Å². The summed E-state index contributed by atoms with van der Waals surface area (Å²) in [6, 6.07) is 8.16. The van der Waals surface area contributed by atoms with Crippen LogP contribution in [0.3, 0.4) is 0 Å². The van der Waals surface area contributed by atoms with Crippen molar-refractivity contribution in [2.24, 2.45) is 0 Å². The molecule has 4 heteroatoms. The van der Waals surface area contributed by atoms with Crippen LogP contribution < -0.4 is 10.5 Å². The highest BCUT2D eigenvalue weighted by atomic mass is 32.1. The topological polar surface area (TPSA) is 48.1 Å². The number of pyridine rings is 1. The van der Waals surface area contributed by atoms with Gasteiger partial charge < -0.3 is 10.5 Å². The average molecular weight is 324 g/mol. The summed E-state index contributed by atoms with van der Waals surface area (Å²) in [7, 11) is 1.69. The number of thiophene rings is 1. The molecule has 0 saturated heterocycles. The third kappa shape index (κ3) is 2.47. The van der Waals surface area contributed by atoms with Gasteiger partial charge in [0, 0.05) is 27.7 Å². The van der Waals surface area contributed by atoms with Crippen molar-refractivity contribution in [1.82, 2.24) is 4.98 Å². The van der Waals surface area contributed by atoms with E-state index in [0.29, 0.717) is 0 Å². The number of fused-ring (bicyclic) bond motifs is 2. The highest BCUT2D eigenvalue weighted by Gasteiger charge is 2.19. The molecule has 1 aliphatic carbocycles. The molecule has 0 saturated carbocycles. The summed E-state index contributed by atoms with van der Waals surface area (Å²) >= 11 is 1.69. The van der Waals surface area contributed by atoms with E-state index in [2.05, 4.69) is 17.5 Å². The number of nitrogens with zero attached hydrogens (tertiary/aromatic N) is 1. The molecule has 3 aromatic rings. The number of nitrogen functional groups attached to an aromatic ring is 1. The molecule has 2 aromatic heterocycles. The first-order chi connectivity index (χ1) is 11.3. The van der Waals surface area contributed by atoms with Gasteiger partial charge in [-0.2, -0.15) is 0 Å². The summed E-state index contributed by atoms with van der Waals surface area (Å²) < 4.78 is 5.25. The zero-order valence-corrected chi connectivity index (χ0v) is 14.1. The van der Waals surface area contributed by atoms with Gasteiger partial charge in [0.05, 0.1) is 7.11 Å². The van der Waals surface area contributed by atoms with Crippen molar-refractivity contribution in [3.63, 3.8) is 0 Å². The Morgan fingerprint density at radius 1 is 1.09 bits per heavy atom. The van der Waals surface area contributed by atoms with Crippen LogP contribution in [-0.2, 0) is 12.8 Å². The van der Waals surface area contributed by atoms with Crippen molar-refractivity contribution in [2.45, 2.75) is 32.1 Å². The molecule has 4 rings (SSSR count). The summed E-state index contributed by atoms with van der Waals surface area (Å²) in [6.45, 7) is 0.